The van der Waals surface area contributed by atoms with Crippen LogP contribution in [0.15, 0.2) is 54.6 Å². The summed E-state index contributed by atoms with van der Waals surface area (Å²) in [6.45, 7) is 1.26. The summed E-state index contributed by atoms with van der Waals surface area (Å²) < 4.78 is 14.7. The molecule has 0 saturated carbocycles. The number of carboxylic acids is 1. The zero-order chi connectivity index (χ0) is 30.5. The summed E-state index contributed by atoms with van der Waals surface area (Å²) in [4.78, 5) is 34.8. The van der Waals surface area contributed by atoms with E-state index in [0.717, 1.165) is 23.8 Å². The van der Waals surface area contributed by atoms with Gasteiger partial charge in [0.25, 0.3) is 0 Å². The van der Waals surface area contributed by atoms with E-state index >= 15 is 0 Å². The van der Waals surface area contributed by atoms with Crippen molar-refractivity contribution in [2.45, 2.75) is 56.8 Å². The molecule has 3 rings (SSSR count). The lowest BCUT2D eigenvalue weighted by molar-refractivity contribution is -0.145. The number of carbonyl (C=O) groups is 3. The second kappa shape index (κ2) is 21.4. The number of benzene rings is 2. The molecule has 3 atom stereocenters. The van der Waals surface area contributed by atoms with Crippen LogP contribution in [0.2, 0.25) is 0 Å². The molecule has 0 aliphatic carbocycles. The molecule has 11 heteroatoms. The van der Waals surface area contributed by atoms with Crippen molar-refractivity contribution in [3.05, 3.63) is 60.2 Å². The zero-order valence-electron chi connectivity index (χ0n) is 23.7. The van der Waals surface area contributed by atoms with Crippen molar-refractivity contribution >= 4 is 17.8 Å². The molecular formula is C30H43NO10. The molecule has 0 bridgehead atoms. The standard InChI is InChI=1S/C24H29NO6.C5H10O3.CH4O/c1-30-15-16-31-24(29)14-11-21(25-22(26)12-13-23(27)28)17-18-7-9-20(10-8-18)19-5-3-2-4-6-19;6-4-1-5(7)3-8-2-4;1-2/h2-10,21H,11-17H2,1H3,(H,25,26)(H,27,28);4-7H,1-3H2;2H,1H3/t21-;;/m0../s1. The zero-order valence-corrected chi connectivity index (χ0v) is 23.7. The smallest absolute Gasteiger partial charge is 0.305 e. The van der Waals surface area contributed by atoms with Crippen LogP contribution in [-0.2, 0) is 35.0 Å². The van der Waals surface area contributed by atoms with Crippen molar-refractivity contribution in [3.63, 3.8) is 0 Å². The number of aliphatic hydroxyl groups is 3. The summed E-state index contributed by atoms with van der Waals surface area (Å²) in [6, 6.07) is 17.7. The van der Waals surface area contributed by atoms with Crippen LogP contribution in [0.3, 0.4) is 0 Å². The van der Waals surface area contributed by atoms with Gasteiger partial charge in [0.05, 0.1) is 38.4 Å². The number of aliphatic carboxylic acids is 1. The van der Waals surface area contributed by atoms with Crippen LogP contribution in [0.25, 0.3) is 11.1 Å². The molecule has 1 amide bonds. The van der Waals surface area contributed by atoms with Crippen LogP contribution in [-0.4, -0.2) is 97.2 Å². The summed E-state index contributed by atoms with van der Waals surface area (Å²) in [5.74, 6) is -1.73. The summed E-state index contributed by atoms with van der Waals surface area (Å²) in [6.07, 6.45) is 0.276. The monoisotopic (exact) mass is 577 g/mol. The van der Waals surface area contributed by atoms with Gasteiger partial charge in [0.15, 0.2) is 0 Å². The number of amides is 1. The molecule has 1 heterocycles. The minimum absolute atomic E-state index is 0.100. The number of aliphatic hydroxyl groups excluding tert-OH is 3. The van der Waals surface area contributed by atoms with Crippen LogP contribution in [0.5, 0.6) is 0 Å². The SMILES string of the molecule is CO.COCCOC(=O)CC[C@@H](Cc1ccc(-c2ccccc2)cc1)NC(=O)CCC(=O)O.OC1COCC(O)C1. The lowest BCUT2D eigenvalue weighted by Gasteiger charge is -2.21. The highest BCUT2D eigenvalue weighted by Crippen LogP contribution is 2.20. The predicted molar refractivity (Wildman–Crippen MR) is 152 cm³/mol. The molecule has 11 nitrogen and oxygen atoms in total. The van der Waals surface area contributed by atoms with E-state index in [2.05, 4.69) is 5.32 Å². The second-order valence-electron chi connectivity index (χ2n) is 9.26. The summed E-state index contributed by atoms with van der Waals surface area (Å²) >= 11 is 0. The van der Waals surface area contributed by atoms with Gasteiger partial charge in [0.2, 0.25) is 5.91 Å². The molecule has 228 valence electrons. The number of esters is 1. The maximum absolute atomic E-state index is 12.1. The molecule has 1 aliphatic heterocycles. The van der Waals surface area contributed by atoms with Gasteiger partial charge in [-0.3, -0.25) is 14.4 Å². The molecule has 0 radical (unpaired) electrons. The van der Waals surface area contributed by atoms with Crippen LogP contribution in [0.1, 0.15) is 37.7 Å². The molecule has 0 spiro atoms. The molecule has 41 heavy (non-hydrogen) atoms. The molecule has 2 aromatic carbocycles. The fourth-order valence-electron chi connectivity index (χ4n) is 3.89. The molecule has 5 N–H and O–H groups in total. The Morgan fingerprint density at radius 1 is 0.902 bits per heavy atom. The first-order valence-corrected chi connectivity index (χ1v) is 13.5. The highest BCUT2D eigenvalue weighted by molar-refractivity contribution is 5.81. The number of methoxy groups -OCH3 is 1. The Kier molecular flexibility index (Phi) is 18.6. The molecule has 2 unspecified atom stereocenters. The topological polar surface area (TPSA) is 172 Å². The Labute approximate surface area is 241 Å². The Morgan fingerprint density at radius 2 is 1.51 bits per heavy atom. The molecule has 1 saturated heterocycles. The van der Waals surface area contributed by atoms with Gasteiger partial charge in [0, 0.05) is 39.5 Å². The Balaban J connectivity index is 0.000000711. The van der Waals surface area contributed by atoms with Crippen molar-refractivity contribution in [1.82, 2.24) is 5.32 Å². The average molecular weight is 578 g/mol. The normalized spacial score (nSPS) is 16.6. The van der Waals surface area contributed by atoms with Crippen molar-refractivity contribution in [2.75, 3.05) is 40.6 Å². The number of hydrogen-bond donors (Lipinski definition) is 5. The molecule has 0 aromatic heterocycles. The number of carbonyl (C=O) groups excluding carboxylic acids is 2. The van der Waals surface area contributed by atoms with Gasteiger partial charge >= 0.3 is 11.9 Å². The van der Waals surface area contributed by atoms with E-state index in [-0.39, 0.29) is 43.8 Å². The maximum atomic E-state index is 12.1. The van der Waals surface area contributed by atoms with Gasteiger partial charge in [-0.15, -0.1) is 0 Å². The Bertz CT molecular complexity index is 992. The highest BCUT2D eigenvalue weighted by atomic mass is 16.6. The number of nitrogens with one attached hydrogen (secondary N) is 1. The number of carboxylic acid groups (broad SMARTS) is 1. The van der Waals surface area contributed by atoms with Crippen molar-refractivity contribution in [2.24, 2.45) is 0 Å². The van der Waals surface area contributed by atoms with Gasteiger partial charge in [-0.1, -0.05) is 54.6 Å². The molecular weight excluding hydrogens is 534 g/mol. The van der Waals surface area contributed by atoms with E-state index in [1.807, 2.05) is 54.6 Å². The highest BCUT2D eigenvalue weighted by Gasteiger charge is 2.18. The van der Waals surface area contributed by atoms with Crippen molar-refractivity contribution in [1.29, 1.82) is 0 Å². The first kappa shape index (κ1) is 35.7. The van der Waals surface area contributed by atoms with Crippen LogP contribution in [0.4, 0.5) is 0 Å². The van der Waals surface area contributed by atoms with Crippen molar-refractivity contribution < 1.29 is 49.0 Å². The first-order valence-electron chi connectivity index (χ1n) is 13.5. The van der Waals surface area contributed by atoms with Gasteiger partial charge in [-0.25, -0.2) is 0 Å². The van der Waals surface area contributed by atoms with Gasteiger partial charge in [0.1, 0.15) is 6.61 Å². The number of rotatable bonds is 13. The molecule has 1 fully saturated rings. The summed E-state index contributed by atoms with van der Waals surface area (Å²) in [7, 11) is 2.53. The minimum atomic E-state index is -1.02. The third-order valence-electron chi connectivity index (χ3n) is 5.89. The van der Waals surface area contributed by atoms with E-state index in [0.29, 0.717) is 39.1 Å². The van der Waals surface area contributed by atoms with Gasteiger partial charge < -0.3 is 40.0 Å². The van der Waals surface area contributed by atoms with Gasteiger partial charge in [-0.2, -0.15) is 0 Å². The van der Waals surface area contributed by atoms with Gasteiger partial charge in [-0.05, 0) is 29.5 Å². The first-order chi connectivity index (χ1) is 19.8. The fraction of sp³-hybridized carbons (Fsp3) is 0.500. The minimum Gasteiger partial charge on any atom is -0.481 e. The lowest BCUT2D eigenvalue weighted by atomic mass is 9.98. The van der Waals surface area contributed by atoms with E-state index < -0.39 is 18.2 Å². The predicted octanol–water partition coefficient (Wildman–Crippen LogP) is 1.95. The molecule has 2 aromatic rings. The number of ether oxygens (including phenoxy) is 3. The summed E-state index contributed by atoms with van der Waals surface area (Å²) in [5.41, 5.74) is 3.22. The number of hydrogen-bond acceptors (Lipinski definition) is 9. The third-order valence-corrected chi connectivity index (χ3v) is 5.89. The Morgan fingerprint density at radius 3 is 2.05 bits per heavy atom. The third kappa shape index (κ3) is 16.5. The van der Waals surface area contributed by atoms with Crippen LogP contribution in [0, 0.1) is 0 Å². The maximum Gasteiger partial charge on any atom is 0.305 e. The van der Waals surface area contributed by atoms with E-state index in [1.165, 1.54) is 7.11 Å². The largest absolute Gasteiger partial charge is 0.481 e. The van der Waals surface area contributed by atoms with E-state index in [4.69, 9.17) is 34.6 Å². The summed E-state index contributed by atoms with van der Waals surface area (Å²) in [5, 5.41) is 36.2. The van der Waals surface area contributed by atoms with Crippen LogP contribution >= 0.6 is 0 Å². The van der Waals surface area contributed by atoms with E-state index in [9.17, 15) is 14.4 Å². The lowest BCUT2D eigenvalue weighted by Crippen LogP contribution is -2.37. The second-order valence-corrected chi connectivity index (χ2v) is 9.26. The fourth-order valence-corrected chi connectivity index (χ4v) is 3.89. The average Bonchev–Trinajstić information content (AvgIpc) is 2.97. The Hall–Kier alpha value is -3.35. The van der Waals surface area contributed by atoms with Crippen LogP contribution < -0.4 is 5.32 Å². The van der Waals surface area contributed by atoms with Crippen molar-refractivity contribution in [3.8, 4) is 11.1 Å². The van der Waals surface area contributed by atoms with E-state index in [1.54, 1.807) is 0 Å². The quantitative estimate of drug-likeness (QED) is 0.175. The molecule has 1 aliphatic rings.